The Morgan fingerprint density at radius 2 is 1.83 bits per heavy atom. The van der Waals surface area contributed by atoms with Crippen LogP contribution in [-0.2, 0) is 6.42 Å². The van der Waals surface area contributed by atoms with Crippen LogP contribution in [-0.4, -0.2) is 30.6 Å². The smallest absolute Gasteiger partial charge is 0.0171 e. The minimum Gasteiger partial charge on any atom is -0.327 e. The molecule has 0 bridgehead atoms. The van der Waals surface area contributed by atoms with E-state index in [2.05, 4.69) is 35.2 Å². The van der Waals surface area contributed by atoms with Crippen LogP contribution in [0.3, 0.4) is 0 Å². The highest BCUT2D eigenvalue weighted by Gasteiger charge is 2.30. The summed E-state index contributed by atoms with van der Waals surface area (Å²) in [5, 5.41) is 0. The summed E-state index contributed by atoms with van der Waals surface area (Å²) in [5.41, 5.74) is 7.68. The van der Waals surface area contributed by atoms with Gasteiger partial charge in [-0.05, 0) is 43.1 Å². The Morgan fingerprint density at radius 3 is 2.56 bits per heavy atom. The zero-order chi connectivity index (χ0) is 12.4. The van der Waals surface area contributed by atoms with E-state index >= 15 is 0 Å². The number of nitrogens with two attached hydrogens (primary N) is 1. The van der Waals surface area contributed by atoms with E-state index in [0.717, 1.165) is 18.4 Å². The topological polar surface area (TPSA) is 29.3 Å². The van der Waals surface area contributed by atoms with Gasteiger partial charge in [-0.15, -0.1) is 0 Å². The molecule has 0 amide bonds. The minimum absolute atomic E-state index is 0.381. The van der Waals surface area contributed by atoms with Crippen LogP contribution in [0.2, 0.25) is 0 Å². The maximum atomic E-state index is 6.22. The molecule has 1 saturated heterocycles. The Hall–Kier alpha value is -0.860. The Kier molecular flexibility index (Phi) is 3.67. The molecule has 2 heteroatoms. The quantitative estimate of drug-likeness (QED) is 0.880. The first kappa shape index (κ1) is 12.2. The number of hydrogen-bond acceptors (Lipinski definition) is 2. The van der Waals surface area contributed by atoms with Gasteiger partial charge in [-0.3, -0.25) is 0 Å². The summed E-state index contributed by atoms with van der Waals surface area (Å²) < 4.78 is 0. The molecule has 1 aromatic rings. The fraction of sp³-hybridized carbons (Fsp3) is 0.625. The highest BCUT2D eigenvalue weighted by molar-refractivity contribution is 5.15. The van der Waals surface area contributed by atoms with Gasteiger partial charge < -0.3 is 10.6 Å². The molecule has 2 atom stereocenters. The molecule has 1 aliphatic heterocycles. The number of nitrogens with zero attached hydrogens (tertiary/aromatic N) is 1. The molecule has 1 saturated carbocycles. The predicted molar refractivity (Wildman–Crippen MR) is 75.4 cm³/mol. The van der Waals surface area contributed by atoms with Gasteiger partial charge in [0.05, 0.1) is 0 Å². The molecule has 2 unspecified atom stereocenters. The fourth-order valence-electron chi connectivity index (χ4n) is 3.26. The lowest BCUT2D eigenvalue weighted by molar-refractivity contribution is 0.150. The van der Waals surface area contributed by atoms with Crippen LogP contribution in [0.25, 0.3) is 0 Å². The summed E-state index contributed by atoms with van der Waals surface area (Å²) in [6, 6.07) is 11.2. The summed E-state index contributed by atoms with van der Waals surface area (Å²) in [6.07, 6.45) is 5.26. The average Bonchev–Trinajstić information content (AvgIpc) is 3.13. The van der Waals surface area contributed by atoms with Gasteiger partial charge in [0.1, 0.15) is 0 Å². The number of benzene rings is 1. The lowest BCUT2D eigenvalue weighted by Crippen LogP contribution is -2.48. The Bertz CT molecular complexity index is 370. The average molecular weight is 244 g/mol. The SMILES string of the molecule is NC1CC(Cc2ccccc2)CN(CC2CC2)C1. The van der Waals surface area contributed by atoms with E-state index in [1.54, 1.807) is 0 Å². The molecular weight excluding hydrogens is 220 g/mol. The highest BCUT2D eigenvalue weighted by atomic mass is 15.2. The second kappa shape index (κ2) is 5.41. The first-order valence-corrected chi connectivity index (χ1v) is 7.31. The Morgan fingerprint density at radius 1 is 1.06 bits per heavy atom. The molecule has 2 nitrogen and oxygen atoms in total. The van der Waals surface area contributed by atoms with Crippen molar-refractivity contribution < 1.29 is 0 Å². The van der Waals surface area contributed by atoms with Gasteiger partial charge in [0, 0.05) is 25.7 Å². The molecular formula is C16H24N2. The van der Waals surface area contributed by atoms with Crippen molar-refractivity contribution in [1.29, 1.82) is 0 Å². The maximum absolute atomic E-state index is 6.22. The van der Waals surface area contributed by atoms with E-state index in [9.17, 15) is 0 Å². The van der Waals surface area contributed by atoms with Crippen molar-refractivity contribution in [3.8, 4) is 0 Å². The molecule has 2 N–H and O–H groups in total. The summed E-state index contributed by atoms with van der Waals surface area (Å²) in [5.74, 6) is 1.72. The lowest BCUT2D eigenvalue weighted by atomic mass is 9.89. The minimum atomic E-state index is 0.381. The monoisotopic (exact) mass is 244 g/mol. The van der Waals surface area contributed by atoms with Crippen LogP contribution in [0, 0.1) is 11.8 Å². The first-order valence-electron chi connectivity index (χ1n) is 7.31. The standard InChI is InChI=1S/C16H24N2/c17-16-9-15(8-13-4-2-1-3-5-13)11-18(12-16)10-14-6-7-14/h1-5,14-16H,6-12,17H2. The number of hydrogen-bond donors (Lipinski definition) is 1. The summed E-state index contributed by atoms with van der Waals surface area (Å²) in [7, 11) is 0. The van der Waals surface area contributed by atoms with E-state index in [4.69, 9.17) is 5.73 Å². The van der Waals surface area contributed by atoms with Gasteiger partial charge in [0.2, 0.25) is 0 Å². The third-order valence-electron chi connectivity index (χ3n) is 4.23. The van der Waals surface area contributed by atoms with Crippen molar-refractivity contribution in [2.24, 2.45) is 17.6 Å². The van der Waals surface area contributed by atoms with Gasteiger partial charge in [0.25, 0.3) is 0 Å². The van der Waals surface area contributed by atoms with E-state index in [1.807, 2.05) is 0 Å². The summed E-state index contributed by atoms with van der Waals surface area (Å²) >= 11 is 0. The second-order valence-electron chi connectivity index (χ2n) is 6.21. The van der Waals surface area contributed by atoms with Gasteiger partial charge in [-0.25, -0.2) is 0 Å². The normalized spacial score (nSPS) is 29.4. The van der Waals surface area contributed by atoms with E-state index in [0.29, 0.717) is 6.04 Å². The molecule has 3 rings (SSSR count). The first-order chi connectivity index (χ1) is 8.79. The summed E-state index contributed by atoms with van der Waals surface area (Å²) in [4.78, 5) is 2.61. The molecule has 98 valence electrons. The molecule has 2 aliphatic rings. The van der Waals surface area contributed by atoms with Gasteiger partial charge >= 0.3 is 0 Å². The third kappa shape index (κ3) is 3.33. The predicted octanol–water partition coefficient (Wildman–Crippen LogP) is 2.29. The van der Waals surface area contributed by atoms with Crippen LogP contribution in [0.4, 0.5) is 0 Å². The number of rotatable bonds is 4. The Labute approximate surface area is 110 Å². The molecule has 0 spiro atoms. The molecule has 2 fully saturated rings. The molecule has 18 heavy (non-hydrogen) atoms. The van der Waals surface area contributed by atoms with Crippen LogP contribution in [0.1, 0.15) is 24.8 Å². The van der Waals surface area contributed by atoms with Crippen molar-refractivity contribution in [1.82, 2.24) is 4.90 Å². The molecule has 0 radical (unpaired) electrons. The lowest BCUT2D eigenvalue weighted by Gasteiger charge is -2.36. The van der Waals surface area contributed by atoms with Crippen LogP contribution in [0.15, 0.2) is 30.3 Å². The van der Waals surface area contributed by atoms with Crippen LogP contribution < -0.4 is 5.73 Å². The molecule has 1 aliphatic carbocycles. The highest BCUT2D eigenvalue weighted by Crippen LogP contribution is 2.31. The van der Waals surface area contributed by atoms with Gasteiger partial charge in [0.15, 0.2) is 0 Å². The maximum Gasteiger partial charge on any atom is 0.0171 e. The number of likely N-dealkylation sites (tertiary alicyclic amines) is 1. The van der Waals surface area contributed by atoms with Crippen molar-refractivity contribution in [2.45, 2.75) is 31.7 Å². The van der Waals surface area contributed by atoms with Crippen LogP contribution in [0.5, 0.6) is 0 Å². The fourth-order valence-corrected chi connectivity index (χ4v) is 3.26. The van der Waals surface area contributed by atoms with E-state index < -0.39 is 0 Å². The van der Waals surface area contributed by atoms with Crippen molar-refractivity contribution in [3.63, 3.8) is 0 Å². The summed E-state index contributed by atoms with van der Waals surface area (Å²) in [6.45, 7) is 3.65. The van der Waals surface area contributed by atoms with E-state index in [-0.39, 0.29) is 0 Å². The van der Waals surface area contributed by atoms with Crippen molar-refractivity contribution in [2.75, 3.05) is 19.6 Å². The largest absolute Gasteiger partial charge is 0.327 e. The van der Waals surface area contributed by atoms with Gasteiger partial charge in [-0.1, -0.05) is 30.3 Å². The zero-order valence-corrected chi connectivity index (χ0v) is 11.1. The van der Waals surface area contributed by atoms with E-state index in [1.165, 1.54) is 44.3 Å². The second-order valence-corrected chi connectivity index (χ2v) is 6.21. The van der Waals surface area contributed by atoms with Gasteiger partial charge in [-0.2, -0.15) is 0 Å². The van der Waals surface area contributed by atoms with Crippen molar-refractivity contribution in [3.05, 3.63) is 35.9 Å². The molecule has 1 aromatic carbocycles. The van der Waals surface area contributed by atoms with Crippen molar-refractivity contribution >= 4 is 0 Å². The molecule has 0 aromatic heterocycles. The third-order valence-corrected chi connectivity index (χ3v) is 4.23. The number of piperidine rings is 1. The molecule has 1 heterocycles. The van der Waals surface area contributed by atoms with Crippen LogP contribution >= 0.6 is 0 Å². The Balaban J connectivity index is 1.57. The zero-order valence-electron chi connectivity index (χ0n) is 11.1.